The van der Waals surface area contributed by atoms with Crippen LogP contribution in [0.5, 0.6) is 0 Å². The summed E-state index contributed by atoms with van der Waals surface area (Å²) in [6.45, 7) is 3.48. The number of anilines is 1. The summed E-state index contributed by atoms with van der Waals surface area (Å²) in [6, 6.07) is 13.4. The van der Waals surface area contributed by atoms with Crippen molar-refractivity contribution in [2.75, 3.05) is 17.9 Å². The lowest BCUT2D eigenvalue weighted by Gasteiger charge is -2.36. The van der Waals surface area contributed by atoms with E-state index in [1.807, 2.05) is 19.9 Å². The van der Waals surface area contributed by atoms with E-state index in [4.69, 9.17) is 0 Å². The monoisotopic (exact) mass is 430 g/mol. The number of aliphatic hydroxyl groups excluding tert-OH is 1. The Kier molecular flexibility index (Phi) is 6.83. The third kappa shape index (κ3) is 4.84. The molecule has 0 bridgehead atoms. The van der Waals surface area contributed by atoms with E-state index in [1.54, 1.807) is 37.4 Å². The maximum Gasteiger partial charge on any atom is 0.264 e. The van der Waals surface area contributed by atoms with E-state index < -0.39 is 16.1 Å². The van der Waals surface area contributed by atoms with Gasteiger partial charge in [-0.05, 0) is 62.1 Å². The fourth-order valence-electron chi connectivity index (χ4n) is 4.09. The summed E-state index contributed by atoms with van der Waals surface area (Å²) in [5, 5.41) is 10.3. The van der Waals surface area contributed by atoms with E-state index in [9.17, 15) is 18.3 Å². The van der Waals surface area contributed by atoms with Crippen molar-refractivity contribution < 1.29 is 18.3 Å². The molecule has 0 saturated heterocycles. The van der Waals surface area contributed by atoms with Crippen LogP contribution in [0.25, 0.3) is 0 Å². The zero-order chi connectivity index (χ0) is 21.9. The molecule has 1 aliphatic carbocycles. The Morgan fingerprint density at radius 2 is 1.63 bits per heavy atom. The van der Waals surface area contributed by atoms with Crippen molar-refractivity contribution in [2.45, 2.75) is 56.6 Å². The minimum Gasteiger partial charge on any atom is -0.391 e. The summed E-state index contributed by atoms with van der Waals surface area (Å²) in [5.41, 5.74) is 2.30. The maximum atomic E-state index is 13.5. The van der Waals surface area contributed by atoms with Gasteiger partial charge < -0.3 is 10.0 Å². The molecule has 2 atom stereocenters. The van der Waals surface area contributed by atoms with Crippen LogP contribution in [-0.4, -0.2) is 50.1 Å². The van der Waals surface area contributed by atoms with Gasteiger partial charge in [0.15, 0.2) is 0 Å². The Bertz CT molecular complexity index is 971. The molecule has 2 aromatic rings. The van der Waals surface area contributed by atoms with Crippen molar-refractivity contribution in [3.63, 3.8) is 0 Å². The van der Waals surface area contributed by atoms with Crippen molar-refractivity contribution in [1.82, 2.24) is 4.90 Å². The summed E-state index contributed by atoms with van der Waals surface area (Å²) in [4.78, 5) is 14.8. The molecule has 1 amide bonds. The lowest BCUT2D eigenvalue weighted by Crippen LogP contribution is -2.50. The molecule has 3 rings (SSSR count). The number of aryl methyl sites for hydroxylation is 2. The number of rotatable bonds is 6. The SMILES string of the molecule is Cc1cc(C)cc(N(CC(=O)N(C)C2CCCCC2O)S(=O)(=O)c2ccccc2)c1. The summed E-state index contributed by atoms with van der Waals surface area (Å²) in [6.07, 6.45) is 2.69. The second-order valence-corrected chi connectivity index (χ2v) is 9.96. The van der Waals surface area contributed by atoms with Crippen molar-refractivity contribution >= 4 is 21.6 Å². The molecule has 6 nitrogen and oxygen atoms in total. The van der Waals surface area contributed by atoms with Gasteiger partial charge in [-0.3, -0.25) is 9.10 Å². The van der Waals surface area contributed by atoms with Crippen LogP contribution in [-0.2, 0) is 14.8 Å². The van der Waals surface area contributed by atoms with E-state index in [1.165, 1.54) is 21.3 Å². The van der Waals surface area contributed by atoms with Crippen LogP contribution < -0.4 is 4.31 Å². The highest BCUT2D eigenvalue weighted by Gasteiger charge is 2.33. The molecule has 0 radical (unpaired) electrons. The van der Waals surface area contributed by atoms with Crippen molar-refractivity contribution in [3.05, 3.63) is 59.7 Å². The zero-order valence-corrected chi connectivity index (χ0v) is 18.6. The first-order chi connectivity index (χ1) is 14.2. The average molecular weight is 431 g/mol. The topological polar surface area (TPSA) is 77.9 Å². The smallest absolute Gasteiger partial charge is 0.264 e. The normalized spacial score (nSPS) is 19.3. The molecular formula is C23H30N2O4S. The molecule has 0 spiro atoms. The molecule has 1 saturated carbocycles. The van der Waals surface area contributed by atoms with E-state index >= 15 is 0 Å². The second kappa shape index (κ2) is 9.18. The Labute approximate surface area is 179 Å². The minimum absolute atomic E-state index is 0.136. The Morgan fingerprint density at radius 1 is 1.03 bits per heavy atom. The van der Waals surface area contributed by atoms with Gasteiger partial charge in [0, 0.05) is 7.05 Å². The van der Waals surface area contributed by atoms with Crippen molar-refractivity contribution in [1.29, 1.82) is 0 Å². The largest absolute Gasteiger partial charge is 0.391 e. The molecule has 1 fully saturated rings. The highest BCUT2D eigenvalue weighted by atomic mass is 32.2. The quantitative estimate of drug-likeness (QED) is 0.763. The molecule has 30 heavy (non-hydrogen) atoms. The van der Waals surface area contributed by atoms with Gasteiger partial charge in [-0.25, -0.2) is 8.42 Å². The average Bonchev–Trinajstić information content (AvgIpc) is 2.71. The Hall–Kier alpha value is -2.38. The van der Waals surface area contributed by atoms with E-state index in [0.29, 0.717) is 12.1 Å². The number of hydrogen-bond donors (Lipinski definition) is 1. The number of aliphatic hydroxyl groups is 1. The Morgan fingerprint density at radius 3 is 2.23 bits per heavy atom. The Balaban J connectivity index is 1.96. The molecule has 0 heterocycles. The van der Waals surface area contributed by atoms with Gasteiger partial charge in [-0.15, -0.1) is 0 Å². The van der Waals surface area contributed by atoms with Gasteiger partial charge in [-0.1, -0.05) is 37.1 Å². The first-order valence-corrected chi connectivity index (χ1v) is 11.7. The lowest BCUT2D eigenvalue weighted by molar-refractivity contribution is -0.133. The number of nitrogens with zero attached hydrogens (tertiary/aromatic N) is 2. The number of benzene rings is 2. The van der Waals surface area contributed by atoms with Gasteiger partial charge >= 0.3 is 0 Å². The second-order valence-electron chi connectivity index (χ2n) is 8.09. The number of likely N-dealkylation sites (N-methyl/N-ethyl adjacent to an activating group) is 1. The molecule has 2 unspecified atom stereocenters. The van der Waals surface area contributed by atoms with Gasteiger partial charge in [0.05, 0.1) is 22.7 Å². The summed E-state index contributed by atoms with van der Waals surface area (Å²) < 4.78 is 28.1. The summed E-state index contributed by atoms with van der Waals surface area (Å²) >= 11 is 0. The number of amides is 1. The predicted octanol–water partition coefficient (Wildman–Crippen LogP) is 3.26. The van der Waals surface area contributed by atoms with Crippen LogP contribution in [0.15, 0.2) is 53.4 Å². The number of carbonyl (C=O) groups is 1. The lowest BCUT2D eigenvalue weighted by atomic mass is 9.91. The number of hydrogen-bond acceptors (Lipinski definition) is 4. The zero-order valence-electron chi connectivity index (χ0n) is 17.8. The third-order valence-electron chi connectivity index (χ3n) is 5.69. The molecular weight excluding hydrogens is 400 g/mol. The highest BCUT2D eigenvalue weighted by molar-refractivity contribution is 7.92. The van der Waals surface area contributed by atoms with Gasteiger partial charge in [0.2, 0.25) is 5.91 Å². The molecule has 162 valence electrons. The summed E-state index contributed by atoms with van der Waals surface area (Å²) in [7, 11) is -2.29. The molecule has 1 aliphatic rings. The van der Waals surface area contributed by atoms with Crippen LogP contribution >= 0.6 is 0 Å². The molecule has 1 N–H and O–H groups in total. The minimum atomic E-state index is -3.94. The molecule has 0 aromatic heterocycles. The standard InChI is InChI=1S/C23H30N2O4S/c1-17-13-18(2)15-19(14-17)25(30(28,29)20-9-5-4-6-10-20)16-23(27)24(3)21-11-7-8-12-22(21)26/h4-6,9-10,13-15,21-22,26H,7-8,11-12,16H2,1-3H3. The third-order valence-corrected chi connectivity index (χ3v) is 7.48. The van der Waals surface area contributed by atoms with Crippen molar-refractivity contribution in [3.8, 4) is 0 Å². The van der Waals surface area contributed by atoms with E-state index in [0.717, 1.165) is 30.4 Å². The van der Waals surface area contributed by atoms with Gasteiger partial charge in [0.25, 0.3) is 10.0 Å². The van der Waals surface area contributed by atoms with Crippen LogP contribution in [0.3, 0.4) is 0 Å². The van der Waals surface area contributed by atoms with Crippen LogP contribution in [0.1, 0.15) is 36.8 Å². The van der Waals surface area contributed by atoms with Crippen LogP contribution in [0.2, 0.25) is 0 Å². The number of carbonyl (C=O) groups excluding carboxylic acids is 1. The molecule has 7 heteroatoms. The van der Waals surface area contributed by atoms with Gasteiger partial charge in [-0.2, -0.15) is 0 Å². The van der Waals surface area contributed by atoms with E-state index in [-0.39, 0.29) is 23.4 Å². The first-order valence-electron chi connectivity index (χ1n) is 10.3. The number of sulfonamides is 1. The van der Waals surface area contributed by atoms with Gasteiger partial charge in [0.1, 0.15) is 6.54 Å². The first kappa shape index (κ1) is 22.3. The highest BCUT2D eigenvalue weighted by Crippen LogP contribution is 2.27. The predicted molar refractivity (Wildman–Crippen MR) is 118 cm³/mol. The van der Waals surface area contributed by atoms with Crippen LogP contribution in [0.4, 0.5) is 5.69 Å². The molecule has 0 aliphatic heterocycles. The maximum absolute atomic E-state index is 13.5. The van der Waals surface area contributed by atoms with Crippen LogP contribution in [0, 0.1) is 13.8 Å². The fourth-order valence-corrected chi connectivity index (χ4v) is 5.51. The van der Waals surface area contributed by atoms with E-state index in [2.05, 4.69) is 0 Å². The fraction of sp³-hybridized carbons (Fsp3) is 0.435. The summed E-state index contributed by atoms with van der Waals surface area (Å²) in [5.74, 6) is -0.334. The van der Waals surface area contributed by atoms with Crippen molar-refractivity contribution in [2.24, 2.45) is 0 Å². The molecule has 2 aromatic carbocycles.